The van der Waals surface area contributed by atoms with E-state index >= 15 is 0 Å². The van der Waals surface area contributed by atoms with Crippen LogP contribution in [-0.2, 0) is 12.1 Å². The molecule has 132 valence electrons. The lowest BCUT2D eigenvalue weighted by Gasteiger charge is -2.32. The van der Waals surface area contributed by atoms with Crippen LogP contribution in [0.1, 0.15) is 75.8 Å². The number of rotatable bonds is 4. The maximum Gasteiger partial charge on any atom is 0.141 e. The van der Waals surface area contributed by atoms with Crippen LogP contribution in [0.3, 0.4) is 0 Å². The molecule has 1 saturated heterocycles. The van der Waals surface area contributed by atoms with Gasteiger partial charge in [0, 0.05) is 17.8 Å². The third-order valence-electron chi connectivity index (χ3n) is 4.60. The van der Waals surface area contributed by atoms with Gasteiger partial charge in [-0.05, 0) is 46.1 Å². The third-order valence-corrected chi connectivity index (χ3v) is 5.63. The van der Waals surface area contributed by atoms with Crippen molar-refractivity contribution in [3.8, 4) is 0 Å². The Kier molecular flexibility index (Phi) is 5.06. The Balaban J connectivity index is 1.69. The number of hydrogen-bond acceptors (Lipinski definition) is 5. The topological polar surface area (TPSA) is 46.8 Å². The molecule has 0 N–H and O–H groups in total. The van der Waals surface area contributed by atoms with Crippen molar-refractivity contribution < 1.29 is 0 Å². The zero-order valence-corrected chi connectivity index (χ0v) is 16.3. The number of hydrogen-bond donors (Lipinski definition) is 0. The SMILES string of the molecule is CC(C)c1csc([C@@H]2CCCN(Cc3ncnn3C(C)(C)C)C2)n1. The highest BCUT2D eigenvalue weighted by molar-refractivity contribution is 7.09. The lowest BCUT2D eigenvalue weighted by atomic mass is 9.98. The average Bonchev–Trinajstić information content (AvgIpc) is 3.15. The minimum atomic E-state index is -0.0253. The molecule has 1 fully saturated rings. The summed E-state index contributed by atoms with van der Waals surface area (Å²) in [6, 6.07) is 0. The molecule has 0 saturated carbocycles. The Morgan fingerprint density at radius 1 is 1.33 bits per heavy atom. The molecule has 5 nitrogen and oxygen atoms in total. The first-order chi connectivity index (χ1) is 11.3. The van der Waals surface area contributed by atoms with Crippen molar-refractivity contribution in [3.05, 3.63) is 28.2 Å². The highest BCUT2D eigenvalue weighted by Crippen LogP contribution is 2.31. The van der Waals surface area contributed by atoms with Gasteiger partial charge in [0.15, 0.2) is 0 Å². The predicted octanol–water partition coefficient (Wildman–Crippen LogP) is 3.99. The Morgan fingerprint density at radius 2 is 2.12 bits per heavy atom. The van der Waals surface area contributed by atoms with Crippen LogP contribution in [0, 0.1) is 0 Å². The molecule has 2 aromatic heterocycles. The third kappa shape index (κ3) is 3.86. The Morgan fingerprint density at radius 3 is 2.79 bits per heavy atom. The normalized spacial score (nSPS) is 20.0. The van der Waals surface area contributed by atoms with E-state index in [-0.39, 0.29) is 5.54 Å². The predicted molar refractivity (Wildman–Crippen MR) is 98.5 cm³/mol. The van der Waals surface area contributed by atoms with E-state index in [9.17, 15) is 0 Å². The van der Waals surface area contributed by atoms with Crippen LogP contribution in [0.25, 0.3) is 0 Å². The molecule has 3 rings (SSSR count). The van der Waals surface area contributed by atoms with Gasteiger partial charge in [0.25, 0.3) is 0 Å². The van der Waals surface area contributed by atoms with Crippen LogP contribution < -0.4 is 0 Å². The van der Waals surface area contributed by atoms with Gasteiger partial charge in [-0.1, -0.05) is 13.8 Å². The molecular formula is C18H29N5S. The lowest BCUT2D eigenvalue weighted by molar-refractivity contribution is 0.186. The standard InChI is InChI=1S/C18H29N5S/c1-13(2)15-11-24-17(21-15)14-7-6-8-22(9-14)10-16-19-12-20-23(16)18(3,4)5/h11-14H,6-10H2,1-5H3/t14-/m1/s1. The van der Waals surface area contributed by atoms with Gasteiger partial charge in [-0.2, -0.15) is 5.10 Å². The second kappa shape index (κ2) is 6.92. The van der Waals surface area contributed by atoms with Crippen molar-refractivity contribution in [2.75, 3.05) is 13.1 Å². The lowest BCUT2D eigenvalue weighted by Crippen LogP contribution is -2.36. The van der Waals surface area contributed by atoms with Crippen LogP contribution in [-0.4, -0.2) is 37.7 Å². The van der Waals surface area contributed by atoms with Gasteiger partial charge in [0.05, 0.1) is 22.8 Å². The van der Waals surface area contributed by atoms with Crippen molar-refractivity contribution in [3.63, 3.8) is 0 Å². The molecule has 0 radical (unpaired) electrons. The van der Waals surface area contributed by atoms with E-state index in [4.69, 9.17) is 4.98 Å². The highest BCUT2D eigenvalue weighted by Gasteiger charge is 2.26. The fourth-order valence-electron chi connectivity index (χ4n) is 3.29. The summed E-state index contributed by atoms with van der Waals surface area (Å²) in [4.78, 5) is 11.9. The first-order valence-corrected chi connectivity index (χ1v) is 9.79. The van der Waals surface area contributed by atoms with Crippen molar-refractivity contribution in [2.45, 2.75) is 71.4 Å². The highest BCUT2D eigenvalue weighted by atomic mass is 32.1. The molecule has 0 aromatic carbocycles. The quantitative estimate of drug-likeness (QED) is 0.839. The maximum atomic E-state index is 4.88. The smallest absolute Gasteiger partial charge is 0.141 e. The molecule has 0 aliphatic carbocycles. The Hall–Kier alpha value is -1.27. The Bertz CT molecular complexity index is 667. The van der Waals surface area contributed by atoms with Crippen molar-refractivity contribution in [1.29, 1.82) is 0 Å². The first-order valence-electron chi connectivity index (χ1n) is 8.91. The van der Waals surface area contributed by atoms with Crippen molar-refractivity contribution in [1.82, 2.24) is 24.6 Å². The van der Waals surface area contributed by atoms with E-state index in [0.717, 1.165) is 25.5 Å². The fraction of sp³-hybridized carbons (Fsp3) is 0.722. The molecule has 1 aliphatic rings. The molecule has 1 atom stereocenters. The number of thiazole rings is 1. The van der Waals surface area contributed by atoms with E-state index in [1.165, 1.54) is 23.5 Å². The van der Waals surface area contributed by atoms with Crippen LogP contribution in [0.4, 0.5) is 0 Å². The summed E-state index contributed by atoms with van der Waals surface area (Å²) in [5.41, 5.74) is 1.21. The van der Waals surface area contributed by atoms with E-state index in [1.54, 1.807) is 6.33 Å². The van der Waals surface area contributed by atoms with Crippen molar-refractivity contribution in [2.24, 2.45) is 0 Å². The van der Waals surface area contributed by atoms with Gasteiger partial charge in [0.1, 0.15) is 12.2 Å². The summed E-state index contributed by atoms with van der Waals surface area (Å²) >= 11 is 1.83. The van der Waals surface area contributed by atoms with E-state index in [2.05, 4.69) is 59.7 Å². The molecule has 0 unspecified atom stereocenters. The largest absolute Gasteiger partial charge is 0.295 e. The second-order valence-corrected chi connectivity index (χ2v) is 8.99. The van der Waals surface area contributed by atoms with Gasteiger partial charge in [-0.25, -0.2) is 14.6 Å². The van der Waals surface area contributed by atoms with Crippen molar-refractivity contribution >= 4 is 11.3 Å². The summed E-state index contributed by atoms with van der Waals surface area (Å²) in [7, 11) is 0. The molecule has 0 bridgehead atoms. The van der Waals surface area contributed by atoms with Gasteiger partial charge < -0.3 is 0 Å². The number of piperidine rings is 1. The first kappa shape index (κ1) is 17.5. The Labute approximate surface area is 149 Å². The molecular weight excluding hydrogens is 318 g/mol. The van der Waals surface area contributed by atoms with Gasteiger partial charge >= 0.3 is 0 Å². The van der Waals surface area contributed by atoms with E-state index in [0.29, 0.717) is 11.8 Å². The maximum absolute atomic E-state index is 4.88. The average molecular weight is 348 g/mol. The zero-order valence-electron chi connectivity index (χ0n) is 15.5. The monoisotopic (exact) mass is 347 g/mol. The minimum Gasteiger partial charge on any atom is -0.295 e. The molecule has 0 amide bonds. The van der Waals surface area contributed by atoms with Gasteiger partial charge in [-0.3, -0.25) is 4.90 Å². The molecule has 2 aromatic rings. The van der Waals surface area contributed by atoms with Crippen LogP contribution in [0.5, 0.6) is 0 Å². The summed E-state index contributed by atoms with van der Waals surface area (Å²) < 4.78 is 2.05. The number of aromatic nitrogens is 4. The zero-order chi connectivity index (χ0) is 17.3. The summed E-state index contributed by atoms with van der Waals surface area (Å²) in [6.07, 6.45) is 4.15. The molecule has 3 heterocycles. The molecule has 1 aliphatic heterocycles. The van der Waals surface area contributed by atoms with Crippen LogP contribution >= 0.6 is 11.3 Å². The van der Waals surface area contributed by atoms with Gasteiger partial charge in [-0.15, -0.1) is 11.3 Å². The molecule has 0 spiro atoms. The number of nitrogens with zero attached hydrogens (tertiary/aromatic N) is 5. The van der Waals surface area contributed by atoms with E-state index < -0.39 is 0 Å². The second-order valence-electron chi connectivity index (χ2n) is 8.10. The molecule has 24 heavy (non-hydrogen) atoms. The summed E-state index contributed by atoms with van der Waals surface area (Å²) in [5, 5.41) is 7.96. The summed E-state index contributed by atoms with van der Waals surface area (Å²) in [6.45, 7) is 14.0. The number of likely N-dealkylation sites (tertiary alicyclic amines) is 1. The molecule has 6 heteroatoms. The summed E-state index contributed by atoms with van der Waals surface area (Å²) in [5.74, 6) is 2.13. The van der Waals surface area contributed by atoms with Crippen LogP contribution in [0.2, 0.25) is 0 Å². The van der Waals surface area contributed by atoms with Crippen LogP contribution in [0.15, 0.2) is 11.7 Å². The fourth-order valence-corrected chi connectivity index (χ4v) is 4.40. The van der Waals surface area contributed by atoms with E-state index in [1.807, 2.05) is 11.3 Å². The minimum absolute atomic E-state index is 0.0253. The van der Waals surface area contributed by atoms with Gasteiger partial charge in [0.2, 0.25) is 0 Å².